The molecular formula is C21H18N6O2S. The molecule has 0 spiro atoms. The van der Waals surface area contributed by atoms with E-state index in [9.17, 15) is 4.79 Å². The predicted octanol–water partition coefficient (Wildman–Crippen LogP) is 3.62. The van der Waals surface area contributed by atoms with Crippen LogP contribution >= 0.6 is 11.3 Å². The second kappa shape index (κ2) is 7.27. The third-order valence-electron chi connectivity index (χ3n) is 4.82. The van der Waals surface area contributed by atoms with Gasteiger partial charge in [0.2, 0.25) is 0 Å². The Hall–Kier alpha value is -3.72. The number of thiophene rings is 1. The third-order valence-corrected chi connectivity index (χ3v) is 5.74. The molecule has 5 aromatic rings. The summed E-state index contributed by atoms with van der Waals surface area (Å²) in [5.41, 5.74) is 9.05. The van der Waals surface area contributed by atoms with E-state index in [1.165, 1.54) is 11.1 Å². The molecule has 0 bridgehead atoms. The highest BCUT2D eigenvalue weighted by Crippen LogP contribution is 2.32. The molecule has 1 amide bonds. The molecule has 3 N–H and O–H groups in total. The molecule has 0 radical (unpaired) electrons. The van der Waals surface area contributed by atoms with Gasteiger partial charge in [0.05, 0.1) is 12.1 Å². The molecule has 4 heterocycles. The molecule has 150 valence electrons. The topological polar surface area (TPSA) is 112 Å². The van der Waals surface area contributed by atoms with Crippen molar-refractivity contribution < 1.29 is 9.21 Å². The minimum atomic E-state index is -0.281. The second-order valence-corrected chi connectivity index (χ2v) is 7.82. The van der Waals surface area contributed by atoms with Gasteiger partial charge >= 0.3 is 0 Å². The average Bonchev–Trinajstić information content (AvgIpc) is 3.48. The first-order chi connectivity index (χ1) is 14.6. The zero-order valence-corrected chi connectivity index (χ0v) is 16.9. The van der Waals surface area contributed by atoms with E-state index < -0.39 is 0 Å². The molecule has 0 aliphatic carbocycles. The molecule has 0 saturated carbocycles. The molecule has 5 rings (SSSR count). The number of carbonyl (C=O) groups excluding carboxylic acids is 1. The minimum absolute atomic E-state index is 0.263. The van der Waals surface area contributed by atoms with Crippen molar-refractivity contribution >= 4 is 44.9 Å². The quantitative estimate of drug-likeness (QED) is 0.451. The van der Waals surface area contributed by atoms with E-state index in [-0.39, 0.29) is 11.6 Å². The van der Waals surface area contributed by atoms with Crippen molar-refractivity contribution in [3.63, 3.8) is 0 Å². The number of aryl methyl sites for hydroxylation is 1. The van der Waals surface area contributed by atoms with Gasteiger partial charge in [-0.2, -0.15) is 5.10 Å². The molecule has 30 heavy (non-hydrogen) atoms. The van der Waals surface area contributed by atoms with Crippen LogP contribution in [0.4, 0.5) is 5.82 Å². The van der Waals surface area contributed by atoms with E-state index in [4.69, 9.17) is 10.2 Å². The number of fused-ring (bicyclic) bond motifs is 3. The summed E-state index contributed by atoms with van der Waals surface area (Å²) in [5.74, 6) is 0.563. The molecule has 0 fully saturated rings. The van der Waals surface area contributed by atoms with Gasteiger partial charge in [0, 0.05) is 35.3 Å². The summed E-state index contributed by atoms with van der Waals surface area (Å²) in [7, 11) is 0. The van der Waals surface area contributed by atoms with Gasteiger partial charge in [0.15, 0.2) is 17.4 Å². The fourth-order valence-electron chi connectivity index (χ4n) is 3.40. The summed E-state index contributed by atoms with van der Waals surface area (Å²) < 4.78 is 6.83. The third kappa shape index (κ3) is 3.29. The Morgan fingerprint density at radius 2 is 2.17 bits per heavy atom. The number of benzene rings is 1. The second-order valence-electron chi connectivity index (χ2n) is 6.87. The van der Waals surface area contributed by atoms with E-state index >= 15 is 0 Å². The van der Waals surface area contributed by atoms with Crippen LogP contribution in [0.1, 0.15) is 16.4 Å². The van der Waals surface area contributed by atoms with Gasteiger partial charge in [-0.05, 0) is 23.1 Å². The molecule has 0 saturated heterocycles. The Labute approximate surface area is 175 Å². The van der Waals surface area contributed by atoms with Crippen molar-refractivity contribution in [2.45, 2.75) is 13.5 Å². The highest BCUT2D eigenvalue weighted by atomic mass is 32.1. The number of nitrogens with two attached hydrogens (primary N) is 1. The van der Waals surface area contributed by atoms with Crippen molar-refractivity contribution in [1.29, 1.82) is 0 Å². The largest absolute Gasteiger partial charge is 0.448 e. The summed E-state index contributed by atoms with van der Waals surface area (Å²) in [6, 6.07) is 10.3. The van der Waals surface area contributed by atoms with Crippen molar-refractivity contribution in [3.05, 3.63) is 59.8 Å². The molecular weight excluding hydrogens is 400 g/mol. The zero-order valence-electron chi connectivity index (χ0n) is 16.1. The maximum Gasteiger partial charge on any atom is 0.273 e. The first-order valence-corrected chi connectivity index (χ1v) is 10.3. The number of hydrogen-bond acceptors (Lipinski definition) is 7. The van der Waals surface area contributed by atoms with E-state index in [0.717, 1.165) is 21.9 Å². The van der Waals surface area contributed by atoms with Crippen LogP contribution in [0, 0.1) is 6.92 Å². The number of amides is 1. The van der Waals surface area contributed by atoms with Gasteiger partial charge in [-0.25, -0.2) is 9.97 Å². The fourth-order valence-corrected chi connectivity index (χ4v) is 4.12. The van der Waals surface area contributed by atoms with Crippen molar-refractivity contribution in [3.8, 4) is 10.4 Å². The van der Waals surface area contributed by atoms with E-state index in [1.54, 1.807) is 22.9 Å². The first kappa shape index (κ1) is 18.3. The maximum atomic E-state index is 12.1. The number of anilines is 1. The molecule has 9 heteroatoms. The summed E-state index contributed by atoms with van der Waals surface area (Å²) in [4.78, 5) is 21.8. The van der Waals surface area contributed by atoms with Crippen molar-refractivity contribution in [2.24, 2.45) is 0 Å². The number of hydrogen-bond donors (Lipinski definition) is 2. The van der Waals surface area contributed by atoms with Crippen LogP contribution in [-0.2, 0) is 6.54 Å². The van der Waals surface area contributed by atoms with Crippen LogP contribution in [0.25, 0.3) is 32.2 Å². The summed E-state index contributed by atoms with van der Waals surface area (Å²) in [6.45, 7) is 2.58. The molecule has 0 atom stereocenters. The highest BCUT2D eigenvalue weighted by Gasteiger charge is 2.13. The van der Waals surface area contributed by atoms with E-state index in [0.29, 0.717) is 30.3 Å². The lowest BCUT2D eigenvalue weighted by atomic mass is 10.1. The lowest BCUT2D eigenvalue weighted by Gasteiger charge is -2.04. The minimum Gasteiger partial charge on any atom is -0.448 e. The Kier molecular flexibility index (Phi) is 4.44. The maximum absolute atomic E-state index is 12.1. The van der Waals surface area contributed by atoms with Gasteiger partial charge in [0.25, 0.3) is 5.91 Å². The molecule has 1 aromatic carbocycles. The number of oxazole rings is 1. The average molecular weight is 418 g/mol. The number of nitrogens with one attached hydrogen (secondary N) is 1. The molecule has 4 aromatic heterocycles. The van der Waals surface area contributed by atoms with Gasteiger partial charge in [-0.1, -0.05) is 18.2 Å². The van der Waals surface area contributed by atoms with Gasteiger partial charge in [-0.3, -0.25) is 9.48 Å². The van der Waals surface area contributed by atoms with Crippen LogP contribution in [-0.4, -0.2) is 32.2 Å². The van der Waals surface area contributed by atoms with Gasteiger partial charge in [-0.15, -0.1) is 11.3 Å². The number of nitrogen functional groups attached to an aromatic ring is 1. The first-order valence-electron chi connectivity index (χ1n) is 9.39. The van der Waals surface area contributed by atoms with Crippen LogP contribution in [0.15, 0.2) is 52.6 Å². The Morgan fingerprint density at radius 1 is 1.27 bits per heavy atom. The number of nitrogens with zero attached hydrogens (tertiary/aromatic N) is 4. The molecule has 0 unspecified atom stereocenters. The molecule has 0 aliphatic rings. The fraction of sp³-hybridized carbons (Fsp3) is 0.143. The predicted molar refractivity (Wildman–Crippen MR) is 116 cm³/mol. The lowest BCUT2D eigenvalue weighted by Crippen LogP contribution is -2.27. The number of aromatic nitrogens is 4. The van der Waals surface area contributed by atoms with Crippen LogP contribution < -0.4 is 11.1 Å². The monoisotopic (exact) mass is 418 g/mol. The van der Waals surface area contributed by atoms with E-state index in [2.05, 4.69) is 50.0 Å². The van der Waals surface area contributed by atoms with Crippen molar-refractivity contribution in [1.82, 2.24) is 25.1 Å². The van der Waals surface area contributed by atoms with Crippen LogP contribution in [0.3, 0.4) is 0 Å². The number of carbonyl (C=O) groups is 1. The zero-order chi connectivity index (χ0) is 20.7. The summed E-state index contributed by atoms with van der Waals surface area (Å²) in [5, 5.41) is 11.4. The normalized spacial score (nSPS) is 11.4. The molecule has 8 nitrogen and oxygen atoms in total. The van der Waals surface area contributed by atoms with Gasteiger partial charge < -0.3 is 15.5 Å². The Morgan fingerprint density at radius 3 is 2.93 bits per heavy atom. The van der Waals surface area contributed by atoms with Crippen LogP contribution in [0.2, 0.25) is 0 Å². The highest BCUT2D eigenvalue weighted by molar-refractivity contribution is 7.13. The SMILES string of the molecule is Cc1nc(C(=O)NCCn2cc3c(n2)c(N)nc2cc(-c4cccs4)ccc23)co1. The van der Waals surface area contributed by atoms with Crippen molar-refractivity contribution in [2.75, 3.05) is 12.3 Å². The van der Waals surface area contributed by atoms with Crippen LogP contribution in [0.5, 0.6) is 0 Å². The van der Waals surface area contributed by atoms with Gasteiger partial charge in [0.1, 0.15) is 11.8 Å². The smallest absolute Gasteiger partial charge is 0.273 e. The Balaban J connectivity index is 1.40. The number of pyridine rings is 1. The Bertz CT molecular complexity index is 1370. The summed E-state index contributed by atoms with van der Waals surface area (Å²) >= 11 is 1.69. The molecule has 0 aliphatic heterocycles. The lowest BCUT2D eigenvalue weighted by molar-refractivity contribution is 0.0947. The van der Waals surface area contributed by atoms with E-state index in [1.807, 2.05) is 12.3 Å². The standard InChI is InChI=1S/C21H18N6O2S/c1-12-24-17(11-29-12)21(28)23-6-7-27-10-15-14-5-4-13(18-3-2-8-30-18)9-16(14)25-20(22)19(15)26-27/h2-5,8-11H,6-7H2,1H3,(H2,22,25)(H,23,28). The summed E-state index contributed by atoms with van der Waals surface area (Å²) in [6.07, 6.45) is 3.28. The number of rotatable bonds is 5.